The second kappa shape index (κ2) is 4.41. The number of H-pyrrole nitrogens is 1. The topological polar surface area (TPSA) is 86.8 Å². The highest BCUT2D eigenvalue weighted by Gasteiger charge is 2.19. The number of aromatic amines is 1. The molecule has 1 fully saturated rings. The average Bonchev–Trinajstić information content (AvgIpc) is 2.70. The van der Waals surface area contributed by atoms with Crippen molar-refractivity contribution in [2.24, 2.45) is 0 Å². The number of amides is 1. The molecule has 94 valence electrons. The Balaban J connectivity index is 2.02. The number of anilines is 1. The number of imidazole rings is 1. The Bertz CT molecular complexity index is 597. The molecule has 0 unspecified atom stereocenters. The molecule has 2 aromatic rings. The largest absolute Gasteiger partial charge is 0.354 e. The van der Waals surface area contributed by atoms with E-state index in [0.717, 1.165) is 5.52 Å². The number of rotatable bonds is 1. The number of halogens is 1. The Morgan fingerprint density at radius 2 is 2.22 bits per heavy atom. The molecule has 3 heterocycles. The molecule has 1 saturated heterocycles. The normalized spacial score (nSPS) is 16.7. The van der Waals surface area contributed by atoms with Crippen LogP contribution in [0.3, 0.4) is 0 Å². The molecule has 1 amide bonds. The summed E-state index contributed by atoms with van der Waals surface area (Å²) >= 11 is 5.88. The minimum absolute atomic E-state index is 0.0542. The molecule has 2 N–H and O–H groups in total. The fourth-order valence-corrected chi connectivity index (χ4v) is 2.16. The van der Waals surface area contributed by atoms with E-state index in [-0.39, 0.29) is 11.2 Å². The van der Waals surface area contributed by atoms with Gasteiger partial charge in [0.25, 0.3) is 0 Å². The van der Waals surface area contributed by atoms with E-state index in [2.05, 4.69) is 25.3 Å². The van der Waals surface area contributed by atoms with E-state index in [9.17, 15) is 4.79 Å². The molecule has 0 spiro atoms. The van der Waals surface area contributed by atoms with Crippen LogP contribution in [0.1, 0.15) is 6.42 Å². The lowest BCUT2D eigenvalue weighted by molar-refractivity contribution is -0.120. The third kappa shape index (κ3) is 1.97. The van der Waals surface area contributed by atoms with Gasteiger partial charge in [-0.05, 0) is 11.6 Å². The maximum absolute atomic E-state index is 11.3. The Hall–Kier alpha value is -1.89. The third-order valence-electron chi connectivity index (χ3n) is 2.85. The molecule has 0 bridgehead atoms. The number of aromatic nitrogens is 4. The standard InChI is InChI=1S/C10H11ClN6O/c11-10-15-8-7(13-5-14-8)9(16-10)17-3-1-6(18)12-2-4-17/h5H,1-4H2,(H,12,18)(H,13,14,15,16). The number of carbonyl (C=O) groups is 1. The zero-order valence-electron chi connectivity index (χ0n) is 9.48. The molecular formula is C10H11ClN6O. The van der Waals surface area contributed by atoms with Gasteiger partial charge in [0.05, 0.1) is 6.33 Å². The lowest BCUT2D eigenvalue weighted by Crippen LogP contribution is -2.29. The maximum atomic E-state index is 11.3. The number of fused-ring (bicyclic) bond motifs is 1. The fourth-order valence-electron chi connectivity index (χ4n) is 2.00. The van der Waals surface area contributed by atoms with E-state index >= 15 is 0 Å². The summed E-state index contributed by atoms with van der Waals surface area (Å²) in [5.74, 6) is 0.748. The molecule has 1 aliphatic heterocycles. The van der Waals surface area contributed by atoms with Crippen LogP contribution in [0.15, 0.2) is 6.33 Å². The van der Waals surface area contributed by atoms with Crippen molar-refractivity contribution < 1.29 is 4.79 Å². The predicted octanol–water partition coefficient (Wildman–Crippen LogP) is 0.333. The molecule has 0 aromatic carbocycles. The third-order valence-corrected chi connectivity index (χ3v) is 3.02. The predicted molar refractivity (Wildman–Crippen MR) is 66.5 cm³/mol. The summed E-state index contributed by atoms with van der Waals surface area (Å²) in [4.78, 5) is 28.7. The highest BCUT2D eigenvalue weighted by atomic mass is 35.5. The monoisotopic (exact) mass is 266 g/mol. The van der Waals surface area contributed by atoms with Crippen LogP contribution in [0.4, 0.5) is 5.82 Å². The molecule has 0 atom stereocenters. The van der Waals surface area contributed by atoms with E-state index in [0.29, 0.717) is 37.5 Å². The van der Waals surface area contributed by atoms with E-state index in [4.69, 9.17) is 11.6 Å². The minimum atomic E-state index is 0.0542. The summed E-state index contributed by atoms with van der Waals surface area (Å²) in [6, 6.07) is 0. The van der Waals surface area contributed by atoms with Crippen LogP contribution in [0.5, 0.6) is 0 Å². The molecule has 18 heavy (non-hydrogen) atoms. The van der Waals surface area contributed by atoms with Crippen LogP contribution in [-0.2, 0) is 4.79 Å². The number of hydrogen-bond donors (Lipinski definition) is 2. The smallest absolute Gasteiger partial charge is 0.226 e. The zero-order valence-corrected chi connectivity index (χ0v) is 10.2. The number of nitrogens with one attached hydrogen (secondary N) is 2. The van der Waals surface area contributed by atoms with Crippen molar-refractivity contribution in [2.75, 3.05) is 24.5 Å². The molecule has 2 aromatic heterocycles. The quantitative estimate of drug-likeness (QED) is 0.727. The Morgan fingerprint density at radius 1 is 1.33 bits per heavy atom. The van der Waals surface area contributed by atoms with Crippen molar-refractivity contribution in [3.05, 3.63) is 11.6 Å². The van der Waals surface area contributed by atoms with Crippen LogP contribution in [0, 0.1) is 0 Å². The van der Waals surface area contributed by atoms with Crippen LogP contribution in [0.25, 0.3) is 11.2 Å². The van der Waals surface area contributed by atoms with Gasteiger partial charge in [0.2, 0.25) is 11.2 Å². The summed E-state index contributed by atoms with van der Waals surface area (Å²) in [5, 5.41) is 2.98. The van der Waals surface area contributed by atoms with Crippen molar-refractivity contribution in [1.82, 2.24) is 25.3 Å². The molecule has 1 aliphatic rings. The van der Waals surface area contributed by atoms with E-state index < -0.39 is 0 Å². The SMILES string of the molecule is O=C1CCN(c2nc(Cl)nc3nc[nH]c23)CCN1. The first-order valence-corrected chi connectivity index (χ1v) is 6.00. The van der Waals surface area contributed by atoms with Crippen LogP contribution in [0.2, 0.25) is 5.28 Å². The maximum Gasteiger partial charge on any atom is 0.226 e. The fraction of sp³-hybridized carbons (Fsp3) is 0.400. The zero-order chi connectivity index (χ0) is 12.5. The minimum Gasteiger partial charge on any atom is -0.354 e. The lowest BCUT2D eigenvalue weighted by atomic mass is 10.3. The summed E-state index contributed by atoms with van der Waals surface area (Å²) < 4.78 is 0. The number of hydrogen-bond acceptors (Lipinski definition) is 5. The molecular weight excluding hydrogens is 256 g/mol. The van der Waals surface area contributed by atoms with Gasteiger partial charge in [-0.25, -0.2) is 4.98 Å². The molecule has 8 heteroatoms. The van der Waals surface area contributed by atoms with Gasteiger partial charge in [0, 0.05) is 26.1 Å². The first kappa shape index (κ1) is 11.2. The first-order valence-electron chi connectivity index (χ1n) is 5.62. The van der Waals surface area contributed by atoms with Gasteiger partial charge in [-0.2, -0.15) is 9.97 Å². The highest BCUT2D eigenvalue weighted by molar-refractivity contribution is 6.28. The second-order valence-electron chi connectivity index (χ2n) is 4.00. The first-order chi connectivity index (χ1) is 8.74. The van der Waals surface area contributed by atoms with Crippen molar-refractivity contribution in [2.45, 2.75) is 6.42 Å². The summed E-state index contributed by atoms with van der Waals surface area (Å²) in [6.45, 7) is 1.89. The van der Waals surface area contributed by atoms with E-state index in [1.165, 1.54) is 0 Å². The molecule has 3 rings (SSSR count). The Kier molecular flexibility index (Phi) is 2.75. The van der Waals surface area contributed by atoms with E-state index in [1.54, 1.807) is 6.33 Å². The number of nitrogens with zero attached hydrogens (tertiary/aromatic N) is 4. The van der Waals surface area contributed by atoms with Gasteiger partial charge in [-0.1, -0.05) is 0 Å². The molecule has 0 aliphatic carbocycles. The highest BCUT2D eigenvalue weighted by Crippen LogP contribution is 2.23. The van der Waals surface area contributed by atoms with Crippen molar-refractivity contribution in [3.63, 3.8) is 0 Å². The summed E-state index contributed by atoms with van der Waals surface area (Å²) in [6.07, 6.45) is 2.00. The summed E-state index contributed by atoms with van der Waals surface area (Å²) in [5.41, 5.74) is 1.28. The Morgan fingerprint density at radius 3 is 3.11 bits per heavy atom. The van der Waals surface area contributed by atoms with Gasteiger partial charge in [-0.3, -0.25) is 4.79 Å². The molecule has 0 radical (unpaired) electrons. The van der Waals surface area contributed by atoms with Gasteiger partial charge >= 0.3 is 0 Å². The van der Waals surface area contributed by atoms with Crippen molar-refractivity contribution in [3.8, 4) is 0 Å². The second-order valence-corrected chi connectivity index (χ2v) is 4.34. The van der Waals surface area contributed by atoms with Gasteiger partial charge < -0.3 is 15.2 Å². The average molecular weight is 267 g/mol. The van der Waals surface area contributed by atoms with Gasteiger partial charge in [-0.15, -0.1) is 0 Å². The van der Waals surface area contributed by atoms with E-state index in [1.807, 2.05) is 4.90 Å². The lowest BCUT2D eigenvalue weighted by Gasteiger charge is -2.20. The van der Waals surface area contributed by atoms with Gasteiger partial charge in [0.15, 0.2) is 11.5 Å². The Labute approximate surface area is 108 Å². The van der Waals surface area contributed by atoms with Crippen molar-refractivity contribution >= 4 is 34.5 Å². The van der Waals surface area contributed by atoms with Crippen LogP contribution in [-0.4, -0.2) is 45.5 Å². The van der Waals surface area contributed by atoms with Crippen molar-refractivity contribution in [1.29, 1.82) is 0 Å². The van der Waals surface area contributed by atoms with Gasteiger partial charge in [0.1, 0.15) is 5.52 Å². The molecule has 7 nitrogen and oxygen atoms in total. The van der Waals surface area contributed by atoms with Crippen LogP contribution < -0.4 is 10.2 Å². The molecule has 0 saturated carbocycles. The van der Waals surface area contributed by atoms with Crippen LogP contribution >= 0.6 is 11.6 Å². The number of carbonyl (C=O) groups excluding carboxylic acids is 1. The summed E-state index contributed by atoms with van der Waals surface area (Å²) in [7, 11) is 0.